The van der Waals surface area contributed by atoms with Crippen molar-refractivity contribution in [3.63, 3.8) is 0 Å². The molecule has 5 aromatic rings. The second kappa shape index (κ2) is 7.86. The third-order valence-corrected chi connectivity index (χ3v) is 5.42. The molecule has 1 aromatic carbocycles. The van der Waals surface area contributed by atoms with Gasteiger partial charge in [0.15, 0.2) is 17.3 Å². The fourth-order valence-corrected chi connectivity index (χ4v) is 3.74. The van der Waals surface area contributed by atoms with Crippen LogP contribution in [0.4, 0.5) is 11.5 Å². The molecule has 0 spiro atoms. The van der Waals surface area contributed by atoms with Gasteiger partial charge in [0, 0.05) is 19.3 Å². The van der Waals surface area contributed by atoms with E-state index in [0.29, 0.717) is 39.4 Å². The zero-order valence-electron chi connectivity index (χ0n) is 18.2. The Bertz CT molecular complexity index is 1620. The van der Waals surface area contributed by atoms with Crippen molar-refractivity contribution in [1.82, 2.24) is 34.2 Å². The summed E-state index contributed by atoms with van der Waals surface area (Å²) in [4.78, 5) is 45.8. The minimum Gasteiger partial charge on any atom is -0.358 e. The van der Waals surface area contributed by atoms with E-state index in [-0.39, 0.29) is 11.1 Å². The number of imidazole rings is 1. The Labute approximate surface area is 187 Å². The molecule has 0 fully saturated rings. The molecular formula is C22H21N9O2. The van der Waals surface area contributed by atoms with Gasteiger partial charge in [0.1, 0.15) is 11.8 Å². The summed E-state index contributed by atoms with van der Waals surface area (Å²) in [5, 5.41) is 3.82. The Morgan fingerprint density at radius 3 is 2.76 bits per heavy atom. The molecule has 0 amide bonds. The summed E-state index contributed by atoms with van der Waals surface area (Å²) < 4.78 is 2.84. The molecule has 1 atom stereocenters. The molecule has 1 unspecified atom stereocenters. The third kappa shape index (κ3) is 3.59. The van der Waals surface area contributed by atoms with E-state index >= 15 is 0 Å². The van der Waals surface area contributed by atoms with Crippen LogP contribution in [-0.2, 0) is 7.05 Å². The van der Waals surface area contributed by atoms with Gasteiger partial charge >= 0.3 is 0 Å². The van der Waals surface area contributed by atoms with E-state index in [9.17, 15) is 9.59 Å². The van der Waals surface area contributed by atoms with E-state index in [1.54, 1.807) is 25.6 Å². The zero-order chi connectivity index (χ0) is 23.1. The van der Waals surface area contributed by atoms with E-state index < -0.39 is 6.04 Å². The fourth-order valence-electron chi connectivity index (χ4n) is 3.74. The molecule has 5 rings (SSSR count). The molecule has 0 saturated heterocycles. The highest BCUT2D eigenvalue weighted by Crippen LogP contribution is 2.22. The van der Waals surface area contributed by atoms with E-state index in [1.807, 2.05) is 32.0 Å². The minimum absolute atomic E-state index is 0.150. The first-order valence-electron chi connectivity index (χ1n) is 10.3. The molecule has 0 aliphatic rings. The van der Waals surface area contributed by atoms with Crippen LogP contribution in [0.5, 0.6) is 0 Å². The first-order valence-corrected chi connectivity index (χ1v) is 10.3. The second-order valence-electron chi connectivity index (χ2n) is 7.75. The van der Waals surface area contributed by atoms with Gasteiger partial charge in [-0.25, -0.2) is 24.6 Å². The average Bonchev–Trinajstić information content (AvgIpc) is 3.28. The van der Waals surface area contributed by atoms with Gasteiger partial charge in [-0.2, -0.15) is 0 Å². The number of fused-ring (bicyclic) bond motifs is 2. The largest absolute Gasteiger partial charge is 0.358 e. The van der Waals surface area contributed by atoms with Gasteiger partial charge < -0.3 is 14.9 Å². The number of nitrogens with zero attached hydrogens (tertiary/aromatic N) is 6. The number of hydrogen-bond acceptors (Lipinski definition) is 8. The summed E-state index contributed by atoms with van der Waals surface area (Å²) >= 11 is 0. The van der Waals surface area contributed by atoms with Crippen molar-refractivity contribution >= 4 is 33.6 Å². The van der Waals surface area contributed by atoms with Gasteiger partial charge in [-0.3, -0.25) is 15.0 Å². The van der Waals surface area contributed by atoms with Crippen molar-refractivity contribution in [1.29, 1.82) is 0 Å². The number of hydrogen-bond donors (Lipinski definition) is 3. The van der Waals surface area contributed by atoms with Crippen molar-refractivity contribution in [2.45, 2.75) is 19.9 Å². The average molecular weight is 443 g/mol. The zero-order valence-corrected chi connectivity index (χ0v) is 18.2. The van der Waals surface area contributed by atoms with Crippen LogP contribution in [0.2, 0.25) is 0 Å². The SMILES string of the molecule is Cc1cccc2nc(C(C)Nc3ncnc4nc[nH]c34)n(Nc3ccc(=O)n(C)c3)c(=O)c12. The number of rotatable bonds is 5. The normalized spacial score (nSPS) is 12.2. The first-order chi connectivity index (χ1) is 15.9. The summed E-state index contributed by atoms with van der Waals surface area (Å²) in [5.74, 6) is 0.982. The molecule has 0 saturated carbocycles. The number of pyridine rings is 1. The predicted molar refractivity (Wildman–Crippen MR) is 125 cm³/mol. The number of anilines is 2. The predicted octanol–water partition coefficient (Wildman–Crippen LogP) is 2.12. The lowest BCUT2D eigenvalue weighted by molar-refractivity contribution is 0.699. The molecule has 3 N–H and O–H groups in total. The summed E-state index contributed by atoms with van der Waals surface area (Å²) in [5.41, 5.74) is 5.89. The van der Waals surface area contributed by atoms with Crippen molar-refractivity contribution in [3.8, 4) is 0 Å². The molecule has 0 aliphatic heterocycles. The highest BCUT2D eigenvalue weighted by Gasteiger charge is 2.20. The smallest absolute Gasteiger partial charge is 0.280 e. The standard InChI is InChI=1S/C22H21N9O2/c1-12-5-4-6-15-17(12)22(33)31(29-14-7-8-16(32)30(3)9-14)21(28-15)13(2)27-20-18-19(24-10-23-18)25-11-26-20/h4-11,13,29H,1-3H3,(H2,23,24,25,26,27). The Hall–Kier alpha value is -4.54. The summed E-state index contributed by atoms with van der Waals surface area (Å²) in [6.07, 6.45) is 4.59. The number of H-pyrrole nitrogens is 1. The number of nitrogens with one attached hydrogen (secondary N) is 3. The van der Waals surface area contributed by atoms with Crippen LogP contribution in [0.15, 0.2) is 58.8 Å². The van der Waals surface area contributed by atoms with Gasteiger partial charge in [-0.05, 0) is 31.5 Å². The molecule has 11 heteroatoms. The molecule has 0 radical (unpaired) electrons. The van der Waals surface area contributed by atoms with E-state index in [1.165, 1.54) is 21.6 Å². The third-order valence-electron chi connectivity index (χ3n) is 5.42. The van der Waals surface area contributed by atoms with Crippen molar-refractivity contribution in [2.24, 2.45) is 7.05 Å². The quantitative estimate of drug-likeness (QED) is 0.376. The number of aryl methyl sites for hydroxylation is 2. The van der Waals surface area contributed by atoms with Crippen LogP contribution in [0.25, 0.3) is 22.1 Å². The Morgan fingerprint density at radius 2 is 1.94 bits per heavy atom. The molecule has 4 aromatic heterocycles. The first kappa shape index (κ1) is 20.4. The van der Waals surface area contributed by atoms with Crippen molar-refractivity contribution in [3.05, 3.63) is 81.3 Å². The van der Waals surface area contributed by atoms with Crippen LogP contribution >= 0.6 is 0 Å². The topological polar surface area (TPSA) is 135 Å². The second-order valence-corrected chi connectivity index (χ2v) is 7.75. The van der Waals surface area contributed by atoms with E-state index in [2.05, 4.69) is 30.7 Å². The minimum atomic E-state index is -0.427. The maximum absolute atomic E-state index is 13.6. The van der Waals surface area contributed by atoms with Crippen LogP contribution in [0.3, 0.4) is 0 Å². The number of aromatic amines is 1. The lowest BCUT2D eigenvalue weighted by atomic mass is 10.1. The van der Waals surface area contributed by atoms with Crippen molar-refractivity contribution in [2.75, 3.05) is 10.7 Å². The highest BCUT2D eigenvalue weighted by atomic mass is 16.1. The molecular weight excluding hydrogens is 422 g/mol. The molecule has 11 nitrogen and oxygen atoms in total. The monoisotopic (exact) mass is 443 g/mol. The van der Waals surface area contributed by atoms with Gasteiger partial charge in [0.25, 0.3) is 5.56 Å². The van der Waals surface area contributed by atoms with Gasteiger partial charge in [-0.1, -0.05) is 12.1 Å². The summed E-state index contributed by atoms with van der Waals surface area (Å²) in [7, 11) is 1.65. The lowest BCUT2D eigenvalue weighted by Crippen LogP contribution is -2.34. The Kier molecular flexibility index (Phi) is 4.85. The summed E-state index contributed by atoms with van der Waals surface area (Å²) in [6, 6.07) is 8.19. The Balaban J connectivity index is 1.65. The maximum atomic E-state index is 13.6. The molecule has 0 aliphatic carbocycles. The maximum Gasteiger partial charge on any atom is 0.280 e. The molecule has 4 heterocycles. The van der Waals surface area contributed by atoms with E-state index in [0.717, 1.165) is 5.56 Å². The van der Waals surface area contributed by atoms with Crippen molar-refractivity contribution < 1.29 is 0 Å². The fraction of sp³-hybridized carbons (Fsp3) is 0.182. The lowest BCUT2D eigenvalue weighted by Gasteiger charge is -2.21. The van der Waals surface area contributed by atoms with Gasteiger partial charge in [-0.15, -0.1) is 0 Å². The van der Waals surface area contributed by atoms with Crippen LogP contribution < -0.4 is 21.9 Å². The van der Waals surface area contributed by atoms with Crippen LogP contribution in [0.1, 0.15) is 24.4 Å². The van der Waals surface area contributed by atoms with E-state index in [4.69, 9.17) is 4.98 Å². The molecule has 33 heavy (non-hydrogen) atoms. The van der Waals surface area contributed by atoms with Crippen LogP contribution in [0, 0.1) is 6.92 Å². The van der Waals surface area contributed by atoms with Gasteiger partial charge in [0.2, 0.25) is 5.56 Å². The molecule has 166 valence electrons. The number of aromatic nitrogens is 7. The van der Waals surface area contributed by atoms with Crippen LogP contribution in [-0.4, -0.2) is 34.2 Å². The molecule has 0 bridgehead atoms. The van der Waals surface area contributed by atoms with Gasteiger partial charge in [0.05, 0.1) is 29.0 Å². The highest BCUT2D eigenvalue weighted by molar-refractivity contribution is 5.83. The Morgan fingerprint density at radius 1 is 1.09 bits per heavy atom. The summed E-state index contributed by atoms with van der Waals surface area (Å²) in [6.45, 7) is 3.76. The number of benzene rings is 1.